The van der Waals surface area contributed by atoms with Crippen LogP contribution in [0.1, 0.15) is 64.1 Å². The maximum Gasteiger partial charge on any atom is 0.0753 e. The molecule has 17 heavy (non-hydrogen) atoms. The first-order valence-electron chi connectivity index (χ1n) is 6.87. The summed E-state index contributed by atoms with van der Waals surface area (Å²) in [6.45, 7) is 5.39. The minimum atomic E-state index is 0.404. The van der Waals surface area contributed by atoms with Gasteiger partial charge in [0.2, 0.25) is 0 Å². The summed E-state index contributed by atoms with van der Waals surface area (Å²) in [6, 6.07) is 0.404. The molecule has 1 rings (SSSR count). The van der Waals surface area contributed by atoms with Crippen molar-refractivity contribution in [1.29, 1.82) is 0 Å². The van der Waals surface area contributed by atoms with Crippen LogP contribution in [0.5, 0.6) is 0 Å². The summed E-state index contributed by atoms with van der Waals surface area (Å²) in [5.74, 6) is 0. The van der Waals surface area contributed by atoms with Gasteiger partial charge in [0.1, 0.15) is 0 Å². The Morgan fingerprint density at radius 2 is 2.00 bits per heavy atom. The third-order valence-electron chi connectivity index (χ3n) is 3.15. The molecule has 1 unspecified atom stereocenters. The number of hydrogen-bond acceptors (Lipinski definition) is 3. The zero-order valence-electron chi connectivity index (χ0n) is 11.4. The number of nitrogens with one attached hydrogen (secondary N) is 1. The number of aryl methyl sites for hydroxylation is 1. The lowest BCUT2D eigenvalue weighted by Crippen LogP contribution is -2.23. The number of nitrogens with zero attached hydrogens (tertiary/aromatic N) is 3. The first-order chi connectivity index (χ1) is 8.29. The highest BCUT2D eigenvalue weighted by Gasteiger charge is 2.13. The molecule has 98 valence electrons. The molecule has 0 radical (unpaired) electrons. The molecule has 1 aromatic heterocycles. The Morgan fingerprint density at radius 3 is 2.59 bits per heavy atom. The van der Waals surface area contributed by atoms with Crippen LogP contribution < -0.4 is 5.32 Å². The topological polar surface area (TPSA) is 42.7 Å². The maximum atomic E-state index is 4.00. The van der Waals surface area contributed by atoms with Crippen molar-refractivity contribution in [3.63, 3.8) is 0 Å². The van der Waals surface area contributed by atoms with Crippen LogP contribution in [0.3, 0.4) is 0 Å². The van der Waals surface area contributed by atoms with Crippen LogP contribution in [0, 0.1) is 0 Å². The van der Waals surface area contributed by atoms with Gasteiger partial charge in [-0.3, -0.25) is 4.68 Å². The van der Waals surface area contributed by atoms with Gasteiger partial charge in [0.05, 0.1) is 17.9 Å². The number of hydrogen-bond donors (Lipinski definition) is 1. The normalized spacial score (nSPS) is 12.9. The van der Waals surface area contributed by atoms with Crippen molar-refractivity contribution < 1.29 is 0 Å². The summed E-state index contributed by atoms with van der Waals surface area (Å²) in [6.07, 6.45) is 9.70. The van der Waals surface area contributed by atoms with Crippen LogP contribution in [0.2, 0.25) is 0 Å². The first kappa shape index (κ1) is 14.2. The molecular weight excluding hydrogens is 212 g/mol. The molecule has 0 aromatic carbocycles. The summed E-state index contributed by atoms with van der Waals surface area (Å²) in [7, 11) is 1.96. The van der Waals surface area contributed by atoms with Gasteiger partial charge < -0.3 is 5.32 Å². The van der Waals surface area contributed by atoms with E-state index >= 15 is 0 Å². The summed E-state index contributed by atoms with van der Waals surface area (Å²) in [5, 5.41) is 11.5. The molecule has 4 nitrogen and oxygen atoms in total. The fourth-order valence-electron chi connectivity index (χ4n) is 2.17. The molecule has 1 heterocycles. The predicted molar refractivity (Wildman–Crippen MR) is 70.8 cm³/mol. The molecule has 0 saturated heterocycles. The number of rotatable bonds is 9. The van der Waals surface area contributed by atoms with Crippen molar-refractivity contribution >= 4 is 0 Å². The zero-order valence-corrected chi connectivity index (χ0v) is 11.4. The van der Waals surface area contributed by atoms with Gasteiger partial charge in [0.25, 0.3) is 0 Å². The molecule has 0 aliphatic heterocycles. The Hall–Kier alpha value is -0.900. The van der Waals surface area contributed by atoms with E-state index in [0.717, 1.165) is 6.54 Å². The largest absolute Gasteiger partial charge is 0.309 e. The lowest BCUT2D eigenvalue weighted by molar-refractivity contribution is 0.453. The lowest BCUT2D eigenvalue weighted by Gasteiger charge is -2.17. The van der Waals surface area contributed by atoms with Crippen LogP contribution in [0.4, 0.5) is 0 Å². The van der Waals surface area contributed by atoms with E-state index in [1.54, 1.807) is 0 Å². The van der Waals surface area contributed by atoms with E-state index < -0.39 is 0 Å². The molecule has 0 aliphatic rings. The van der Waals surface area contributed by atoms with Gasteiger partial charge in [-0.1, -0.05) is 51.2 Å². The van der Waals surface area contributed by atoms with Crippen molar-refractivity contribution in [2.45, 2.75) is 58.4 Å². The van der Waals surface area contributed by atoms with Gasteiger partial charge in [-0.05, 0) is 13.0 Å². The van der Waals surface area contributed by atoms with Crippen molar-refractivity contribution in [3.8, 4) is 0 Å². The van der Waals surface area contributed by atoms with E-state index in [1.165, 1.54) is 44.2 Å². The second-order valence-electron chi connectivity index (χ2n) is 4.60. The average molecular weight is 238 g/mol. The van der Waals surface area contributed by atoms with Gasteiger partial charge in [0.15, 0.2) is 0 Å². The quantitative estimate of drug-likeness (QED) is 0.673. The molecule has 4 heteroatoms. The van der Waals surface area contributed by atoms with Gasteiger partial charge in [-0.2, -0.15) is 0 Å². The van der Waals surface area contributed by atoms with Crippen LogP contribution >= 0.6 is 0 Å². The molecule has 0 amide bonds. The van der Waals surface area contributed by atoms with Gasteiger partial charge in [-0.25, -0.2) is 0 Å². The summed E-state index contributed by atoms with van der Waals surface area (Å²) in [5.41, 5.74) is 1.20. The zero-order chi connectivity index (χ0) is 12.5. The van der Waals surface area contributed by atoms with Crippen LogP contribution in [0.15, 0.2) is 6.20 Å². The molecule has 1 aromatic rings. The fraction of sp³-hybridized carbons (Fsp3) is 0.846. The number of unbranched alkanes of at least 4 members (excludes halogenated alkanes) is 4. The summed E-state index contributed by atoms with van der Waals surface area (Å²) in [4.78, 5) is 0. The number of aromatic nitrogens is 3. The van der Waals surface area contributed by atoms with Crippen LogP contribution in [-0.2, 0) is 7.05 Å². The van der Waals surface area contributed by atoms with Crippen molar-refractivity contribution in [1.82, 2.24) is 20.3 Å². The van der Waals surface area contributed by atoms with E-state index in [4.69, 9.17) is 0 Å². The molecule has 0 bridgehead atoms. The van der Waals surface area contributed by atoms with Gasteiger partial charge in [-0.15, -0.1) is 5.10 Å². The third kappa shape index (κ3) is 4.86. The average Bonchev–Trinajstić information content (AvgIpc) is 2.74. The highest BCUT2D eigenvalue weighted by Crippen LogP contribution is 2.18. The Morgan fingerprint density at radius 1 is 1.24 bits per heavy atom. The standard InChI is InChI=1S/C13H26N4/c1-4-6-7-8-9-10-12(14-5-2)13-11-15-16-17(13)3/h11-12,14H,4-10H2,1-3H3. The molecule has 0 aliphatic carbocycles. The minimum Gasteiger partial charge on any atom is -0.309 e. The van der Waals surface area contributed by atoms with E-state index in [2.05, 4.69) is 29.5 Å². The second kappa shape index (κ2) is 8.23. The Bertz CT molecular complexity index is 295. The van der Waals surface area contributed by atoms with Crippen molar-refractivity contribution in [2.24, 2.45) is 7.05 Å². The molecule has 0 spiro atoms. The Kier molecular flexibility index (Phi) is 6.86. The Balaban J connectivity index is 2.36. The van der Waals surface area contributed by atoms with E-state index in [0.29, 0.717) is 6.04 Å². The lowest BCUT2D eigenvalue weighted by atomic mass is 10.0. The van der Waals surface area contributed by atoms with E-state index in [1.807, 2.05) is 17.9 Å². The summed E-state index contributed by atoms with van der Waals surface area (Å²) >= 11 is 0. The summed E-state index contributed by atoms with van der Waals surface area (Å²) < 4.78 is 1.87. The van der Waals surface area contributed by atoms with E-state index in [9.17, 15) is 0 Å². The smallest absolute Gasteiger partial charge is 0.0753 e. The first-order valence-corrected chi connectivity index (χ1v) is 6.87. The SMILES string of the molecule is CCCCCCCC(NCC)c1cnnn1C. The molecular formula is C13H26N4. The monoisotopic (exact) mass is 238 g/mol. The maximum absolute atomic E-state index is 4.00. The van der Waals surface area contributed by atoms with Crippen LogP contribution in [0.25, 0.3) is 0 Å². The molecule has 0 saturated carbocycles. The fourth-order valence-corrected chi connectivity index (χ4v) is 2.17. The third-order valence-corrected chi connectivity index (χ3v) is 3.15. The van der Waals surface area contributed by atoms with Gasteiger partial charge in [0, 0.05) is 7.05 Å². The van der Waals surface area contributed by atoms with Crippen LogP contribution in [-0.4, -0.2) is 21.5 Å². The molecule has 1 atom stereocenters. The predicted octanol–water partition coefficient (Wildman–Crippen LogP) is 2.83. The Labute approximate surface area is 105 Å². The molecule has 1 N–H and O–H groups in total. The van der Waals surface area contributed by atoms with Gasteiger partial charge >= 0.3 is 0 Å². The minimum absolute atomic E-state index is 0.404. The second-order valence-corrected chi connectivity index (χ2v) is 4.60. The highest BCUT2D eigenvalue weighted by atomic mass is 15.4. The van der Waals surface area contributed by atoms with E-state index in [-0.39, 0.29) is 0 Å². The van der Waals surface area contributed by atoms with Crippen molar-refractivity contribution in [2.75, 3.05) is 6.54 Å². The van der Waals surface area contributed by atoms with Crippen molar-refractivity contribution in [3.05, 3.63) is 11.9 Å². The highest BCUT2D eigenvalue weighted by molar-refractivity contribution is 5.01. The molecule has 0 fully saturated rings.